The maximum Gasteiger partial charge on any atom is 0.286 e. The molecule has 4 atom stereocenters. The van der Waals surface area contributed by atoms with E-state index in [4.69, 9.17) is 5.53 Å². The van der Waals surface area contributed by atoms with Gasteiger partial charge in [-0.2, -0.15) is 8.42 Å². The van der Waals surface area contributed by atoms with Crippen molar-refractivity contribution >= 4 is 33.1 Å². The fourth-order valence-electron chi connectivity index (χ4n) is 6.21. The van der Waals surface area contributed by atoms with Crippen LogP contribution in [0.5, 0.6) is 0 Å². The molecule has 2 aromatic carbocycles. The number of hydrogen-bond donors (Lipinski definition) is 2. The van der Waals surface area contributed by atoms with Crippen LogP contribution >= 0.6 is 0 Å². The van der Waals surface area contributed by atoms with Crippen LogP contribution in [0.2, 0.25) is 0 Å². The molecular formula is C24H21FN6O4S. The Kier molecular flexibility index (Phi) is 5.06. The van der Waals surface area contributed by atoms with E-state index < -0.39 is 15.9 Å². The topological polar surface area (TPSA) is 148 Å². The van der Waals surface area contributed by atoms with Crippen LogP contribution < -0.4 is 5.32 Å². The lowest BCUT2D eigenvalue weighted by Crippen LogP contribution is -2.53. The number of sulfonamides is 1. The number of hydrogen-bond acceptors (Lipinski definition) is 6. The van der Waals surface area contributed by atoms with Gasteiger partial charge in [-0.05, 0) is 66.5 Å². The number of anilines is 1. The summed E-state index contributed by atoms with van der Waals surface area (Å²) in [6.45, 7) is 0.201. The van der Waals surface area contributed by atoms with Gasteiger partial charge >= 0.3 is 0 Å². The van der Waals surface area contributed by atoms with Gasteiger partial charge in [-0.15, -0.1) is 4.40 Å². The molecule has 10 nitrogen and oxygen atoms in total. The molecule has 2 saturated carbocycles. The van der Waals surface area contributed by atoms with Crippen molar-refractivity contribution in [2.24, 2.45) is 27.3 Å². The highest BCUT2D eigenvalue weighted by atomic mass is 32.2. The molecule has 2 aliphatic heterocycles. The number of aliphatic hydroxyl groups is 1. The molecule has 2 aromatic rings. The Hall–Kier alpha value is -3.89. The number of rotatable bonds is 4. The van der Waals surface area contributed by atoms with Gasteiger partial charge in [-0.25, -0.2) is 4.39 Å². The summed E-state index contributed by atoms with van der Waals surface area (Å²) >= 11 is 0. The first-order valence-electron chi connectivity index (χ1n) is 11.6. The van der Waals surface area contributed by atoms with E-state index in [9.17, 15) is 22.7 Å². The summed E-state index contributed by atoms with van der Waals surface area (Å²) in [4.78, 5) is 18.0. The predicted octanol–water partition coefficient (Wildman–Crippen LogP) is 4.55. The maximum atomic E-state index is 13.9. The Bertz CT molecular complexity index is 1510. The molecule has 2 N–H and O–H groups in total. The largest absolute Gasteiger partial charge is 0.511 e. The van der Waals surface area contributed by atoms with Crippen molar-refractivity contribution in [3.05, 3.63) is 75.6 Å². The number of amides is 1. The highest BCUT2D eigenvalue weighted by Crippen LogP contribution is 2.55. The maximum absolute atomic E-state index is 13.9. The van der Waals surface area contributed by atoms with E-state index >= 15 is 0 Å². The zero-order valence-corrected chi connectivity index (χ0v) is 19.7. The van der Waals surface area contributed by atoms with E-state index in [1.54, 1.807) is 17.0 Å². The molecule has 0 saturated heterocycles. The number of carbonyl (C=O) groups is 1. The second-order valence-electron chi connectivity index (χ2n) is 9.58. The minimum absolute atomic E-state index is 0.103. The summed E-state index contributed by atoms with van der Waals surface area (Å²) in [5, 5.41) is 17.7. The van der Waals surface area contributed by atoms with Crippen LogP contribution in [-0.2, 0) is 21.4 Å². The van der Waals surface area contributed by atoms with Crippen molar-refractivity contribution in [2.45, 2.75) is 36.7 Å². The highest BCUT2D eigenvalue weighted by Gasteiger charge is 2.57. The lowest BCUT2D eigenvalue weighted by Gasteiger charge is -2.44. The third-order valence-corrected chi connectivity index (χ3v) is 8.97. The standard InChI is InChI=1S/C24H21FN6O4S/c25-15-5-1-12(2-6-15)11-31-21-14-4-3-13(9-14)19(21)22(32)20(24(31)33)23-27-17-8-7-16(28-30-26)10-18(17)36(34,35)29-23/h1-2,5-8,10,13-14,19,21,32H,3-4,9,11H2,(H,27,29)/t13-,14+,19?,21?/m0/s1. The summed E-state index contributed by atoms with van der Waals surface area (Å²) in [5.41, 5.74) is 9.48. The van der Waals surface area contributed by atoms with Gasteiger partial charge in [-0.1, -0.05) is 23.3 Å². The molecule has 1 amide bonds. The van der Waals surface area contributed by atoms with E-state index in [0.29, 0.717) is 0 Å². The number of amidine groups is 1. The predicted molar refractivity (Wildman–Crippen MR) is 128 cm³/mol. The normalized spacial score (nSPS) is 27.6. The van der Waals surface area contributed by atoms with Crippen LogP contribution in [0.4, 0.5) is 15.8 Å². The first-order chi connectivity index (χ1) is 17.3. The number of aliphatic hydroxyl groups excluding tert-OH is 1. The first-order valence-corrected chi connectivity index (χ1v) is 13.0. The molecule has 36 heavy (non-hydrogen) atoms. The number of nitrogens with one attached hydrogen (secondary N) is 1. The zero-order valence-electron chi connectivity index (χ0n) is 18.9. The zero-order chi connectivity index (χ0) is 25.2. The lowest BCUT2D eigenvalue weighted by molar-refractivity contribution is -0.134. The second kappa shape index (κ2) is 8.07. The van der Waals surface area contributed by atoms with E-state index in [-0.39, 0.29) is 69.6 Å². The number of nitrogens with zero attached hydrogens (tertiary/aromatic N) is 5. The van der Waals surface area contributed by atoms with Crippen LogP contribution in [0, 0.1) is 23.6 Å². The summed E-state index contributed by atoms with van der Waals surface area (Å²) in [5.74, 6) is -1.20. The molecule has 6 rings (SSSR count). The molecule has 2 aliphatic carbocycles. The lowest BCUT2D eigenvalue weighted by atomic mass is 9.77. The van der Waals surface area contributed by atoms with Gasteiger partial charge in [0.25, 0.3) is 15.9 Å². The van der Waals surface area contributed by atoms with Crippen molar-refractivity contribution in [3.8, 4) is 0 Å². The fraction of sp³-hybridized carbons (Fsp3) is 0.333. The van der Waals surface area contributed by atoms with Crippen LogP contribution in [0.3, 0.4) is 0 Å². The van der Waals surface area contributed by atoms with Crippen molar-refractivity contribution < 1.29 is 22.7 Å². The Balaban J connectivity index is 1.43. The Morgan fingerprint density at radius 1 is 1.19 bits per heavy atom. The van der Waals surface area contributed by atoms with Gasteiger partial charge in [0.05, 0.1) is 5.69 Å². The van der Waals surface area contributed by atoms with Crippen molar-refractivity contribution in [1.29, 1.82) is 0 Å². The molecule has 0 spiro atoms. The van der Waals surface area contributed by atoms with Gasteiger partial charge in [0.2, 0.25) is 0 Å². The Morgan fingerprint density at radius 3 is 2.69 bits per heavy atom. The molecule has 4 aliphatic rings. The van der Waals surface area contributed by atoms with Crippen molar-refractivity contribution in [3.63, 3.8) is 0 Å². The second-order valence-corrected chi connectivity index (χ2v) is 11.2. The molecule has 0 aromatic heterocycles. The highest BCUT2D eigenvalue weighted by molar-refractivity contribution is 7.90. The smallest absolute Gasteiger partial charge is 0.286 e. The Morgan fingerprint density at radius 2 is 1.94 bits per heavy atom. The third-order valence-electron chi connectivity index (χ3n) is 7.65. The molecule has 2 bridgehead atoms. The van der Waals surface area contributed by atoms with Gasteiger partial charge in [-0.3, -0.25) is 4.79 Å². The first kappa shape index (κ1) is 22.6. The quantitative estimate of drug-likeness (QED) is 0.353. The van der Waals surface area contributed by atoms with E-state index in [1.807, 2.05) is 0 Å². The van der Waals surface area contributed by atoms with Crippen LogP contribution in [0.1, 0.15) is 24.8 Å². The van der Waals surface area contributed by atoms with Crippen LogP contribution in [0.25, 0.3) is 10.4 Å². The molecule has 184 valence electrons. The molecule has 0 radical (unpaired) electrons. The SMILES string of the molecule is [N-]=[N+]=Nc1ccc2c(c1)S(=O)(=O)N=C(C1=C(O)C3C([C@@H]4CC[C@H]3C4)N(Cc3ccc(F)cc3)C1=O)N2. The number of azide groups is 1. The summed E-state index contributed by atoms with van der Waals surface area (Å²) in [7, 11) is -4.26. The monoisotopic (exact) mass is 508 g/mol. The molecule has 2 fully saturated rings. The number of fused-ring (bicyclic) bond motifs is 6. The third kappa shape index (κ3) is 3.44. The molecule has 2 heterocycles. The van der Waals surface area contributed by atoms with Gasteiger partial charge in [0, 0.05) is 29.1 Å². The molecule has 2 unspecified atom stereocenters. The average Bonchev–Trinajstić information content (AvgIpc) is 3.46. The van der Waals surface area contributed by atoms with E-state index in [2.05, 4.69) is 19.7 Å². The van der Waals surface area contributed by atoms with Gasteiger partial charge in [0.1, 0.15) is 22.0 Å². The summed E-state index contributed by atoms with van der Waals surface area (Å²) in [6.07, 6.45) is 2.75. The number of benzene rings is 2. The van der Waals surface area contributed by atoms with Gasteiger partial charge < -0.3 is 15.3 Å². The average molecular weight is 509 g/mol. The van der Waals surface area contributed by atoms with Crippen molar-refractivity contribution in [1.82, 2.24) is 4.90 Å². The van der Waals surface area contributed by atoms with Crippen LogP contribution in [0.15, 0.2) is 68.2 Å². The van der Waals surface area contributed by atoms with Crippen molar-refractivity contribution in [2.75, 3.05) is 5.32 Å². The van der Waals surface area contributed by atoms with Gasteiger partial charge in [0.15, 0.2) is 5.84 Å². The number of halogens is 1. The molecule has 12 heteroatoms. The van der Waals surface area contributed by atoms with Crippen LogP contribution in [-0.4, -0.2) is 36.2 Å². The Labute approximate surface area is 205 Å². The van der Waals surface area contributed by atoms with E-state index in [1.165, 1.54) is 30.3 Å². The minimum Gasteiger partial charge on any atom is -0.511 e. The fourth-order valence-corrected chi connectivity index (χ4v) is 7.35. The minimum atomic E-state index is -4.26. The van der Waals surface area contributed by atoms with E-state index in [0.717, 1.165) is 24.8 Å². The molecular weight excluding hydrogens is 487 g/mol. The number of carbonyl (C=O) groups excluding carboxylic acids is 1. The summed E-state index contributed by atoms with van der Waals surface area (Å²) in [6, 6.07) is 9.73. The summed E-state index contributed by atoms with van der Waals surface area (Å²) < 4.78 is 43.4.